The highest BCUT2D eigenvalue weighted by molar-refractivity contribution is 5.85. The number of benzene rings is 1. The van der Waals surface area contributed by atoms with Crippen LogP contribution in [0, 0.1) is 0 Å². The summed E-state index contributed by atoms with van der Waals surface area (Å²) < 4.78 is 0. The van der Waals surface area contributed by atoms with Crippen LogP contribution in [0.15, 0.2) is 30.3 Å². The number of carbonyl (C=O) groups is 2. The monoisotopic (exact) mass is 249 g/mol. The van der Waals surface area contributed by atoms with Crippen molar-refractivity contribution in [2.75, 3.05) is 19.6 Å². The molecule has 98 valence electrons. The number of aryl methyl sites for hydroxylation is 1. The van der Waals surface area contributed by atoms with Crippen molar-refractivity contribution < 1.29 is 9.59 Å². The lowest BCUT2D eigenvalue weighted by Crippen LogP contribution is -2.39. The number of hydrogen-bond acceptors (Lipinski definition) is 3. The molecule has 5 heteroatoms. The molecule has 1 rings (SSSR count). The Labute approximate surface area is 107 Å². The summed E-state index contributed by atoms with van der Waals surface area (Å²) in [4.78, 5) is 22.1. The summed E-state index contributed by atoms with van der Waals surface area (Å²) in [6, 6.07) is 10.1. The number of hydrogen-bond donors (Lipinski definition) is 3. The molecule has 5 nitrogen and oxygen atoms in total. The molecule has 0 aliphatic heterocycles. The molecule has 0 radical (unpaired) electrons. The summed E-state index contributed by atoms with van der Waals surface area (Å²) >= 11 is 0. The van der Waals surface area contributed by atoms with E-state index in [4.69, 9.17) is 5.73 Å². The quantitative estimate of drug-likeness (QED) is 0.586. The van der Waals surface area contributed by atoms with Crippen molar-refractivity contribution in [2.45, 2.75) is 12.8 Å². The van der Waals surface area contributed by atoms with Crippen LogP contribution in [0.3, 0.4) is 0 Å². The summed E-state index contributed by atoms with van der Waals surface area (Å²) in [5.41, 5.74) is 6.35. The van der Waals surface area contributed by atoms with Crippen molar-refractivity contribution >= 4 is 11.8 Å². The fourth-order valence-electron chi connectivity index (χ4n) is 1.48. The molecule has 0 heterocycles. The molecular formula is C13H19N3O2. The molecular weight excluding hydrogens is 230 g/mol. The summed E-state index contributed by atoms with van der Waals surface area (Å²) in [6.45, 7) is 0.495. The van der Waals surface area contributed by atoms with E-state index in [2.05, 4.69) is 22.8 Å². The Morgan fingerprint density at radius 2 is 1.78 bits per heavy atom. The van der Waals surface area contributed by atoms with Gasteiger partial charge in [-0.3, -0.25) is 9.59 Å². The summed E-state index contributed by atoms with van der Waals surface area (Å²) in [5, 5.41) is 5.15. The smallest absolute Gasteiger partial charge is 0.239 e. The van der Waals surface area contributed by atoms with Crippen molar-refractivity contribution in [1.82, 2.24) is 10.6 Å². The van der Waals surface area contributed by atoms with Crippen molar-refractivity contribution in [3.8, 4) is 0 Å². The molecule has 1 aromatic carbocycles. The van der Waals surface area contributed by atoms with Gasteiger partial charge in [-0.25, -0.2) is 0 Å². The van der Waals surface area contributed by atoms with Crippen LogP contribution in [0.2, 0.25) is 0 Å². The third-order valence-electron chi connectivity index (χ3n) is 2.44. The minimum atomic E-state index is -0.325. The maximum Gasteiger partial charge on any atom is 0.239 e. The third-order valence-corrected chi connectivity index (χ3v) is 2.44. The van der Waals surface area contributed by atoms with Gasteiger partial charge in [0.15, 0.2) is 0 Å². The lowest BCUT2D eigenvalue weighted by atomic mass is 10.1. The lowest BCUT2D eigenvalue weighted by molar-refractivity contribution is -0.125. The van der Waals surface area contributed by atoms with Crippen LogP contribution in [0.5, 0.6) is 0 Å². The molecule has 2 amide bonds. The van der Waals surface area contributed by atoms with Crippen LogP contribution >= 0.6 is 0 Å². The standard InChI is InChI=1S/C13H19N3O2/c14-9-12(17)16-10-13(18)15-8-4-7-11-5-2-1-3-6-11/h1-3,5-6H,4,7-10,14H2,(H,15,18)(H,16,17). The SMILES string of the molecule is NCC(=O)NCC(=O)NCCCc1ccccc1. The zero-order valence-electron chi connectivity index (χ0n) is 10.3. The molecule has 0 aliphatic rings. The lowest BCUT2D eigenvalue weighted by Gasteiger charge is -2.06. The largest absolute Gasteiger partial charge is 0.355 e. The maximum absolute atomic E-state index is 11.3. The van der Waals surface area contributed by atoms with Crippen molar-refractivity contribution in [1.29, 1.82) is 0 Å². The molecule has 0 spiro atoms. The van der Waals surface area contributed by atoms with Gasteiger partial charge in [0.1, 0.15) is 0 Å². The topological polar surface area (TPSA) is 84.2 Å². The van der Waals surface area contributed by atoms with Gasteiger partial charge in [-0.1, -0.05) is 30.3 Å². The molecule has 0 bridgehead atoms. The van der Waals surface area contributed by atoms with Crippen LogP contribution in [0.1, 0.15) is 12.0 Å². The molecule has 0 fully saturated rings. The minimum absolute atomic E-state index is 0.0125. The summed E-state index contributed by atoms with van der Waals surface area (Å²) in [5.74, 6) is -0.515. The van der Waals surface area contributed by atoms with Crippen molar-refractivity contribution in [3.05, 3.63) is 35.9 Å². The van der Waals surface area contributed by atoms with Crippen LogP contribution < -0.4 is 16.4 Å². The van der Waals surface area contributed by atoms with Gasteiger partial charge in [-0.15, -0.1) is 0 Å². The minimum Gasteiger partial charge on any atom is -0.355 e. The summed E-state index contributed by atoms with van der Waals surface area (Å²) in [6.07, 6.45) is 1.80. The molecule has 0 aliphatic carbocycles. The van der Waals surface area contributed by atoms with E-state index in [1.165, 1.54) is 5.56 Å². The second kappa shape index (κ2) is 8.25. The number of nitrogens with two attached hydrogens (primary N) is 1. The predicted molar refractivity (Wildman–Crippen MR) is 69.8 cm³/mol. The van der Waals surface area contributed by atoms with E-state index in [1.54, 1.807) is 0 Å². The number of rotatable bonds is 7. The molecule has 1 aromatic rings. The second-order valence-electron chi connectivity index (χ2n) is 3.92. The van der Waals surface area contributed by atoms with Gasteiger partial charge in [0.25, 0.3) is 0 Å². The van der Waals surface area contributed by atoms with Gasteiger partial charge in [0.2, 0.25) is 11.8 Å². The van der Waals surface area contributed by atoms with E-state index in [0.717, 1.165) is 12.8 Å². The molecule has 4 N–H and O–H groups in total. The van der Waals surface area contributed by atoms with Crippen molar-refractivity contribution in [3.63, 3.8) is 0 Å². The second-order valence-corrected chi connectivity index (χ2v) is 3.92. The summed E-state index contributed by atoms with van der Waals surface area (Å²) in [7, 11) is 0. The van der Waals surface area contributed by atoms with E-state index in [9.17, 15) is 9.59 Å². The number of carbonyl (C=O) groups excluding carboxylic acids is 2. The highest BCUT2D eigenvalue weighted by atomic mass is 16.2. The van der Waals surface area contributed by atoms with Crippen LogP contribution in [0.4, 0.5) is 0 Å². The van der Waals surface area contributed by atoms with Gasteiger partial charge in [0, 0.05) is 6.54 Å². The van der Waals surface area contributed by atoms with Gasteiger partial charge < -0.3 is 16.4 Å². The van der Waals surface area contributed by atoms with Gasteiger partial charge in [-0.2, -0.15) is 0 Å². The Hall–Kier alpha value is -1.88. The normalized spacial score (nSPS) is 9.83. The Bertz CT molecular complexity index is 379. The first-order chi connectivity index (χ1) is 8.72. The van der Waals surface area contributed by atoms with Gasteiger partial charge in [0.05, 0.1) is 13.1 Å². The first kappa shape index (κ1) is 14.2. The molecule has 0 saturated heterocycles. The fraction of sp³-hybridized carbons (Fsp3) is 0.385. The average Bonchev–Trinajstić information content (AvgIpc) is 2.42. The van der Waals surface area contributed by atoms with E-state index in [0.29, 0.717) is 6.54 Å². The van der Waals surface area contributed by atoms with Crippen LogP contribution in [-0.4, -0.2) is 31.4 Å². The highest BCUT2D eigenvalue weighted by Gasteiger charge is 2.02. The Balaban J connectivity index is 2.07. The number of nitrogens with one attached hydrogen (secondary N) is 2. The average molecular weight is 249 g/mol. The predicted octanol–water partition coefficient (Wildman–Crippen LogP) is -0.190. The highest BCUT2D eigenvalue weighted by Crippen LogP contribution is 2.01. The fourth-order valence-corrected chi connectivity index (χ4v) is 1.48. The molecule has 18 heavy (non-hydrogen) atoms. The zero-order valence-corrected chi connectivity index (χ0v) is 10.3. The Morgan fingerprint density at radius 1 is 1.06 bits per heavy atom. The third kappa shape index (κ3) is 6.00. The van der Waals surface area contributed by atoms with E-state index in [1.807, 2.05) is 18.2 Å². The Morgan fingerprint density at radius 3 is 2.44 bits per heavy atom. The van der Waals surface area contributed by atoms with E-state index >= 15 is 0 Å². The zero-order chi connectivity index (χ0) is 13.2. The van der Waals surface area contributed by atoms with E-state index in [-0.39, 0.29) is 24.9 Å². The molecule has 0 atom stereocenters. The first-order valence-corrected chi connectivity index (χ1v) is 5.99. The van der Waals surface area contributed by atoms with Crippen molar-refractivity contribution in [2.24, 2.45) is 5.73 Å². The first-order valence-electron chi connectivity index (χ1n) is 5.99. The van der Waals surface area contributed by atoms with Gasteiger partial charge in [-0.05, 0) is 18.4 Å². The molecule has 0 aromatic heterocycles. The Kier molecular flexibility index (Phi) is 6.50. The van der Waals surface area contributed by atoms with Crippen LogP contribution in [0.25, 0.3) is 0 Å². The number of amides is 2. The molecule has 0 saturated carbocycles. The van der Waals surface area contributed by atoms with Gasteiger partial charge >= 0.3 is 0 Å². The van der Waals surface area contributed by atoms with Crippen LogP contribution in [-0.2, 0) is 16.0 Å². The molecule has 0 unspecified atom stereocenters. The van der Waals surface area contributed by atoms with E-state index < -0.39 is 0 Å². The maximum atomic E-state index is 11.3.